The van der Waals surface area contributed by atoms with Gasteiger partial charge in [-0.1, -0.05) is 12.1 Å². The van der Waals surface area contributed by atoms with Crippen LogP contribution in [0.15, 0.2) is 47.2 Å². The van der Waals surface area contributed by atoms with Gasteiger partial charge in [-0.3, -0.25) is 4.99 Å². The molecular formula is C20H22FN5O. The highest BCUT2D eigenvalue weighted by atomic mass is 19.1. The quantitative estimate of drug-likeness (QED) is 0.729. The van der Waals surface area contributed by atoms with Crippen molar-refractivity contribution >= 4 is 17.5 Å². The zero-order chi connectivity index (χ0) is 18.8. The Balaban J connectivity index is 1.52. The molecule has 2 aromatic rings. The highest BCUT2D eigenvalue weighted by Gasteiger charge is 2.28. The molecule has 1 saturated carbocycles. The molecule has 0 spiro atoms. The van der Waals surface area contributed by atoms with E-state index in [2.05, 4.69) is 31.7 Å². The molecule has 0 bridgehead atoms. The van der Waals surface area contributed by atoms with E-state index in [1.807, 2.05) is 6.92 Å². The number of aromatic nitrogens is 2. The molecule has 1 aromatic carbocycles. The second-order valence-corrected chi connectivity index (χ2v) is 6.95. The van der Waals surface area contributed by atoms with Gasteiger partial charge in [0.05, 0.1) is 18.7 Å². The van der Waals surface area contributed by atoms with Crippen LogP contribution in [0.2, 0.25) is 0 Å². The zero-order valence-electron chi connectivity index (χ0n) is 15.1. The number of rotatable bonds is 6. The number of aliphatic imine (C=N–C) groups is 1. The lowest BCUT2D eigenvalue weighted by molar-refractivity contribution is 0.282. The van der Waals surface area contributed by atoms with Crippen LogP contribution in [-0.4, -0.2) is 27.5 Å². The van der Waals surface area contributed by atoms with Crippen molar-refractivity contribution in [2.75, 3.05) is 17.2 Å². The molecule has 0 amide bonds. The van der Waals surface area contributed by atoms with E-state index >= 15 is 0 Å². The number of hydrogen-bond acceptors (Lipinski definition) is 6. The Labute approximate surface area is 157 Å². The molecule has 6 nitrogen and oxygen atoms in total. The molecule has 0 unspecified atom stereocenters. The lowest BCUT2D eigenvalue weighted by Gasteiger charge is -2.18. The van der Waals surface area contributed by atoms with E-state index in [9.17, 15) is 9.50 Å². The molecule has 140 valence electrons. The molecule has 7 heteroatoms. The number of anilines is 2. The van der Waals surface area contributed by atoms with E-state index in [-0.39, 0.29) is 18.5 Å². The maximum atomic E-state index is 13.1. The van der Waals surface area contributed by atoms with Gasteiger partial charge in [-0.05, 0) is 55.0 Å². The summed E-state index contributed by atoms with van der Waals surface area (Å²) >= 11 is 0. The maximum Gasteiger partial charge on any atom is 0.142 e. The Morgan fingerprint density at radius 3 is 2.63 bits per heavy atom. The Kier molecular flexibility index (Phi) is 4.85. The lowest BCUT2D eigenvalue weighted by Crippen LogP contribution is -2.15. The van der Waals surface area contributed by atoms with Crippen molar-refractivity contribution in [3.05, 3.63) is 59.2 Å². The van der Waals surface area contributed by atoms with Crippen molar-refractivity contribution in [3.8, 4) is 0 Å². The summed E-state index contributed by atoms with van der Waals surface area (Å²) in [5.41, 5.74) is 2.86. The van der Waals surface area contributed by atoms with Gasteiger partial charge in [0.1, 0.15) is 29.6 Å². The van der Waals surface area contributed by atoms with Crippen LogP contribution in [-0.2, 0) is 6.61 Å². The minimum Gasteiger partial charge on any atom is -0.391 e. The predicted molar refractivity (Wildman–Crippen MR) is 103 cm³/mol. The monoisotopic (exact) mass is 367 g/mol. The van der Waals surface area contributed by atoms with Crippen LogP contribution in [0, 0.1) is 11.7 Å². The number of nitrogens with zero attached hydrogens (tertiary/aromatic N) is 3. The van der Waals surface area contributed by atoms with Crippen molar-refractivity contribution in [1.29, 1.82) is 0 Å². The number of aliphatic hydroxyl groups is 1. The van der Waals surface area contributed by atoms with Crippen molar-refractivity contribution in [2.45, 2.75) is 32.4 Å². The average molecular weight is 367 g/mol. The largest absolute Gasteiger partial charge is 0.391 e. The minimum absolute atomic E-state index is 0.108. The lowest BCUT2D eigenvalue weighted by atomic mass is 10.1. The molecule has 4 rings (SSSR count). The fourth-order valence-corrected chi connectivity index (χ4v) is 3.18. The van der Waals surface area contributed by atoms with Crippen molar-refractivity contribution < 1.29 is 9.50 Å². The Hall–Kier alpha value is -2.80. The van der Waals surface area contributed by atoms with Crippen LogP contribution in [0.1, 0.15) is 36.9 Å². The van der Waals surface area contributed by atoms with Gasteiger partial charge in [0.15, 0.2) is 0 Å². The van der Waals surface area contributed by atoms with Crippen molar-refractivity contribution in [1.82, 2.24) is 9.97 Å². The third-order valence-electron chi connectivity index (χ3n) is 4.93. The SMILES string of the molecule is C[C@H](Nc1ncnc(NC2=NCC(C3CC3)=C2)c1CO)c1ccc(F)cc1. The summed E-state index contributed by atoms with van der Waals surface area (Å²) in [4.78, 5) is 13.0. The van der Waals surface area contributed by atoms with Gasteiger partial charge in [0.25, 0.3) is 0 Å². The van der Waals surface area contributed by atoms with Crippen molar-refractivity contribution in [2.24, 2.45) is 10.9 Å². The van der Waals surface area contributed by atoms with Crippen LogP contribution in [0.4, 0.5) is 16.0 Å². The molecule has 1 atom stereocenters. The number of hydrogen-bond donors (Lipinski definition) is 3. The van der Waals surface area contributed by atoms with Crippen molar-refractivity contribution in [3.63, 3.8) is 0 Å². The summed E-state index contributed by atoms with van der Waals surface area (Å²) in [5, 5.41) is 16.4. The molecule has 0 saturated heterocycles. The van der Waals surface area contributed by atoms with E-state index in [1.165, 1.54) is 36.9 Å². The molecule has 2 aliphatic rings. The van der Waals surface area contributed by atoms with E-state index < -0.39 is 0 Å². The van der Waals surface area contributed by atoms with E-state index in [0.29, 0.717) is 23.1 Å². The third-order valence-corrected chi connectivity index (χ3v) is 4.93. The van der Waals surface area contributed by atoms with E-state index in [1.54, 1.807) is 12.1 Å². The Morgan fingerprint density at radius 2 is 1.93 bits per heavy atom. The first-order valence-electron chi connectivity index (χ1n) is 9.12. The number of amidine groups is 1. The molecule has 0 radical (unpaired) electrons. The molecule has 1 fully saturated rings. The summed E-state index contributed by atoms with van der Waals surface area (Å²) in [5.74, 6) is 2.25. The highest BCUT2D eigenvalue weighted by molar-refractivity contribution is 6.05. The summed E-state index contributed by atoms with van der Waals surface area (Å²) in [6, 6.07) is 6.20. The molecule has 27 heavy (non-hydrogen) atoms. The summed E-state index contributed by atoms with van der Waals surface area (Å²) in [6.45, 7) is 2.47. The first-order valence-corrected chi connectivity index (χ1v) is 9.12. The van der Waals surface area contributed by atoms with Gasteiger partial charge in [-0.2, -0.15) is 0 Å². The van der Waals surface area contributed by atoms with Crippen LogP contribution in [0.5, 0.6) is 0 Å². The normalized spacial score (nSPS) is 17.3. The minimum atomic E-state index is -0.272. The molecule has 1 aliphatic carbocycles. The number of aliphatic hydroxyl groups excluding tert-OH is 1. The fraction of sp³-hybridized carbons (Fsp3) is 0.350. The van der Waals surface area contributed by atoms with Crippen LogP contribution >= 0.6 is 0 Å². The third kappa shape index (κ3) is 3.98. The van der Waals surface area contributed by atoms with Gasteiger partial charge in [0.2, 0.25) is 0 Å². The summed E-state index contributed by atoms with van der Waals surface area (Å²) in [7, 11) is 0. The number of halogens is 1. The van der Waals surface area contributed by atoms with E-state index in [0.717, 1.165) is 17.9 Å². The average Bonchev–Trinajstić information content (AvgIpc) is 3.42. The second kappa shape index (κ2) is 7.44. The summed E-state index contributed by atoms with van der Waals surface area (Å²) < 4.78 is 13.1. The topological polar surface area (TPSA) is 82.4 Å². The fourth-order valence-electron chi connectivity index (χ4n) is 3.18. The van der Waals surface area contributed by atoms with Gasteiger partial charge >= 0.3 is 0 Å². The van der Waals surface area contributed by atoms with Gasteiger partial charge in [-0.15, -0.1) is 0 Å². The predicted octanol–water partition coefficient (Wildman–Crippen LogP) is 3.44. The highest BCUT2D eigenvalue weighted by Crippen LogP contribution is 2.38. The zero-order valence-corrected chi connectivity index (χ0v) is 15.1. The maximum absolute atomic E-state index is 13.1. The Bertz CT molecular complexity index is 890. The first kappa shape index (κ1) is 17.6. The number of nitrogens with one attached hydrogen (secondary N) is 2. The van der Waals surface area contributed by atoms with Crippen LogP contribution in [0.25, 0.3) is 0 Å². The van der Waals surface area contributed by atoms with Crippen LogP contribution in [0.3, 0.4) is 0 Å². The smallest absolute Gasteiger partial charge is 0.142 e. The Morgan fingerprint density at radius 1 is 1.19 bits per heavy atom. The van der Waals surface area contributed by atoms with Gasteiger partial charge in [0, 0.05) is 6.04 Å². The molecule has 3 N–H and O–H groups in total. The van der Waals surface area contributed by atoms with Gasteiger partial charge < -0.3 is 15.7 Å². The molecule has 1 aliphatic heterocycles. The van der Waals surface area contributed by atoms with Gasteiger partial charge in [-0.25, -0.2) is 14.4 Å². The van der Waals surface area contributed by atoms with E-state index in [4.69, 9.17) is 0 Å². The van der Waals surface area contributed by atoms with Crippen LogP contribution < -0.4 is 10.6 Å². The second-order valence-electron chi connectivity index (χ2n) is 6.95. The standard InChI is InChI=1S/C20H22FN5O/c1-12(13-4-6-16(21)7-5-13)25-19-17(10-27)20(24-11-23-19)26-18-8-15(9-22-18)14-2-3-14/h4-8,11-12,14,27H,2-3,9-10H2,1H3,(H2,22,23,24,25,26)/t12-/m0/s1. The first-order chi connectivity index (χ1) is 13.1. The molecule has 1 aromatic heterocycles. The summed E-state index contributed by atoms with van der Waals surface area (Å²) in [6.07, 6.45) is 6.02. The molecular weight excluding hydrogens is 345 g/mol. The number of benzene rings is 1. The molecule has 2 heterocycles.